The van der Waals surface area contributed by atoms with Crippen LogP contribution in [0.3, 0.4) is 0 Å². The normalized spacial score (nSPS) is 16.6. The van der Waals surface area contributed by atoms with Crippen molar-refractivity contribution in [2.24, 2.45) is 5.41 Å². The number of nitrogens with one attached hydrogen (secondary N) is 2. The monoisotopic (exact) mass is 302 g/mol. The van der Waals surface area contributed by atoms with Gasteiger partial charge < -0.3 is 10.6 Å². The molecular formula is C14H21F3N4. The maximum absolute atomic E-state index is 12.8. The van der Waals surface area contributed by atoms with Crippen molar-refractivity contribution >= 4 is 11.6 Å². The maximum Gasteiger partial charge on any atom is 0.451 e. The Balaban J connectivity index is 2.14. The van der Waals surface area contributed by atoms with Gasteiger partial charge in [-0.2, -0.15) is 13.2 Å². The fourth-order valence-corrected chi connectivity index (χ4v) is 2.12. The molecule has 0 aromatic carbocycles. The Morgan fingerprint density at radius 1 is 1.14 bits per heavy atom. The van der Waals surface area contributed by atoms with E-state index in [0.29, 0.717) is 13.1 Å². The first-order chi connectivity index (χ1) is 9.88. The summed E-state index contributed by atoms with van der Waals surface area (Å²) >= 11 is 0. The molecule has 0 unspecified atom stereocenters. The molecule has 0 amide bonds. The quantitative estimate of drug-likeness (QED) is 0.801. The van der Waals surface area contributed by atoms with Crippen molar-refractivity contribution in [2.75, 3.05) is 23.7 Å². The topological polar surface area (TPSA) is 49.8 Å². The Morgan fingerprint density at radius 2 is 1.76 bits per heavy atom. The Morgan fingerprint density at radius 3 is 2.24 bits per heavy atom. The van der Waals surface area contributed by atoms with Gasteiger partial charge in [0, 0.05) is 19.2 Å². The molecule has 1 saturated carbocycles. The minimum absolute atomic E-state index is 0.211. The molecule has 0 aliphatic heterocycles. The molecule has 1 aliphatic carbocycles. The summed E-state index contributed by atoms with van der Waals surface area (Å²) in [5.41, 5.74) is 0.236. The average molecular weight is 302 g/mol. The number of nitrogens with zero attached hydrogens (tertiary/aromatic N) is 2. The van der Waals surface area contributed by atoms with Gasteiger partial charge in [0.25, 0.3) is 0 Å². The predicted octanol–water partition coefficient (Wildman–Crippen LogP) is 3.92. The van der Waals surface area contributed by atoms with Crippen molar-refractivity contribution in [2.45, 2.75) is 45.7 Å². The molecule has 1 fully saturated rings. The second-order valence-corrected chi connectivity index (χ2v) is 5.59. The first kappa shape index (κ1) is 15.9. The van der Waals surface area contributed by atoms with E-state index >= 15 is 0 Å². The molecule has 7 heteroatoms. The zero-order chi connectivity index (χ0) is 15.5. The molecule has 1 aromatic heterocycles. The van der Waals surface area contributed by atoms with Gasteiger partial charge in [-0.25, -0.2) is 9.97 Å². The molecule has 0 radical (unpaired) electrons. The van der Waals surface area contributed by atoms with Crippen LogP contribution in [0.5, 0.6) is 0 Å². The Labute approximate surface area is 122 Å². The Kier molecular flexibility index (Phi) is 4.58. The summed E-state index contributed by atoms with van der Waals surface area (Å²) < 4.78 is 38.5. The van der Waals surface area contributed by atoms with E-state index < -0.39 is 12.0 Å². The molecule has 1 aromatic rings. The molecule has 118 valence electrons. The molecule has 2 rings (SSSR count). The number of anilines is 2. The lowest BCUT2D eigenvalue weighted by Crippen LogP contribution is -2.19. The SMILES string of the molecule is CCCNc1cc(NCC2(CC)CC2)nc(C(F)(F)F)n1. The van der Waals surface area contributed by atoms with Gasteiger partial charge in [0.2, 0.25) is 5.82 Å². The van der Waals surface area contributed by atoms with Crippen molar-refractivity contribution < 1.29 is 13.2 Å². The zero-order valence-electron chi connectivity index (χ0n) is 12.3. The second kappa shape index (κ2) is 6.07. The van der Waals surface area contributed by atoms with Crippen molar-refractivity contribution in [1.82, 2.24) is 9.97 Å². The van der Waals surface area contributed by atoms with Crippen LogP contribution >= 0.6 is 0 Å². The van der Waals surface area contributed by atoms with E-state index in [4.69, 9.17) is 0 Å². The third kappa shape index (κ3) is 4.22. The van der Waals surface area contributed by atoms with Crippen LogP contribution in [0.2, 0.25) is 0 Å². The molecule has 4 nitrogen and oxygen atoms in total. The number of halogens is 3. The summed E-state index contributed by atoms with van der Waals surface area (Å²) in [6.07, 6.45) is -0.461. The van der Waals surface area contributed by atoms with E-state index in [9.17, 15) is 13.2 Å². The molecule has 0 saturated heterocycles. The van der Waals surface area contributed by atoms with Crippen molar-refractivity contribution in [1.29, 1.82) is 0 Å². The van der Waals surface area contributed by atoms with E-state index in [1.54, 1.807) is 0 Å². The van der Waals surface area contributed by atoms with Crippen molar-refractivity contribution in [3.05, 3.63) is 11.9 Å². The zero-order valence-corrected chi connectivity index (χ0v) is 12.3. The number of hydrogen-bond acceptors (Lipinski definition) is 4. The summed E-state index contributed by atoms with van der Waals surface area (Å²) in [7, 11) is 0. The number of alkyl halides is 3. The summed E-state index contributed by atoms with van der Waals surface area (Å²) in [5, 5.41) is 5.92. The Hall–Kier alpha value is -1.53. The van der Waals surface area contributed by atoms with Crippen LogP contribution < -0.4 is 10.6 Å². The highest BCUT2D eigenvalue weighted by molar-refractivity contribution is 5.48. The summed E-state index contributed by atoms with van der Waals surface area (Å²) in [4.78, 5) is 7.13. The predicted molar refractivity (Wildman–Crippen MR) is 76.3 cm³/mol. The lowest BCUT2D eigenvalue weighted by atomic mass is 10.0. The van der Waals surface area contributed by atoms with Gasteiger partial charge in [-0.1, -0.05) is 13.8 Å². The second-order valence-electron chi connectivity index (χ2n) is 5.59. The van der Waals surface area contributed by atoms with Crippen LogP contribution in [0.25, 0.3) is 0 Å². The molecule has 1 heterocycles. The van der Waals surface area contributed by atoms with E-state index in [-0.39, 0.29) is 17.1 Å². The fourth-order valence-electron chi connectivity index (χ4n) is 2.12. The highest BCUT2D eigenvalue weighted by Crippen LogP contribution is 2.48. The van der Waals surface area contributed by atoms with Crippen LogP contribution in [-0.4, -0.2) is 23.1 Å². The first-order valence-electron chi connectivity index (χ1n) is 7.32. The lowest BCUT2D eigenvalue weighted by Gasteiger charge is -2.16. The maximum atomic E-state index is 12.8. The van der Waals surface area contributed by atoms with Crippen molar-refractivity contribution in [3.63, 3.8) is 0 Å². The van der Waals surface area contributed by atoms with Crippen LogP contribution in [0, 0.1) is 5.41 Å². The molecule has 0 bridgehead atoms. The van der Waals surface area contributed by atoms with Gasteiger partial charge in [-0.15, -0.1) is 0 Å². The molecule has 1 aliphatic rings. The fraction of sp³-hybridized carbons (Fsp3) is 0.714. The smallest absolute Gasteiger partial charge is 0.370 e. The minimum Gasteiger partial charge on any atom is -0.370 e. The molecular weight excluding hydrogens is 281 g/mol. The average Bonchev–Trinajstić information content (AvgIpc) is 3.22. The molecule has 21 heavy (non-hydrogen) atoms. The van der Waals surface area contributed by atoms with Gasteiger partial charge in [0.05, 0.1) is 0 Å². The third-order valence-electron chi connectivity index (χ3n) is 3.89. The summed E-state index contributed by atoms with van der Waals surface area (Å²) in [6.45, 7) is 5.28. The first-order valence-corrected chi connectivity index (χ1v) is 7.32. The van der Waals surface area contributed by atoms with Gasteiger partial charge in [0.15, 0.2) is 0 Å². The van der Waals surface area contributed by atoms with Crippen molar-refractivity contribution in [3.8, 4) is 0 Å². The molecule has 0 spiro atoms. The van der Waals surface area contributed by atoms with E-state index in [0.717, 1.165) is 25.7 Å². The largest absolute Gasteiger partial charge is 0.451 e. The van der Waals surface area contributed by atoms with Crippen LogP contribution in [0.15, 0.2) is 6.07 Å². The van der Waals surface area contributed by atoms with Gasteiger partial charge in [-0.05, 0) is 31.1 Å². The van der Waals surface area contributed by atoms with E-state index in [1.807, 2.05) is 6.92 Å². The van der Waals surface area contributed by atoms with Gasteiger partial charge >= 0.3 is 6.18 Å². The van der Waals surface area contributed by atoms with E-state index in [1.165, 1.54) is 6.07 Å². The minimum atomic E-state index is -4.54. The standard InChI is InChI=1S/C14H21F3N4/c1-3-7-18-10-8-11(19-9-13(4-2)5-6-13)21-12(20-10)14(15,16)17/h8H,3-7,9H2,1-2H3,(H2,18,19,20,21). The summed E-state index contributed by atoms with van der Waals surface area (Å²) in [6, 6.07) is 1.54. The molecule has 2 N–H and O–H groups in total. The van der Waals surface area contributed by atoms with E-state index in [2.05, 4.69) is 27.5 Å². The number of hydrogen-bond donors (Lipinski definition) is 2. The third-order valence-corrected chi connectivity index (χ3v) is 3.89. The number of aromatic nitrogens is 2. The van der Waals surface area contributed by atoms with Crippen LogP contribution in [0.1, 0.15) is 45.4 Å². The highest BCUT2D eigenvalue weighted by atomic mass is 19.4. The van der Waals surface area contributed by atoms with Gasteiger partial charge in [0.1, 0.15) is 11.6 Å². The Bertz CT molecular complexity index is 484. The van der Waals surface area contributed by atoms with Crippen LogP contribution in [0.4, 0.5) is 24.8 Å². The van der Waals surface area contributed by atoms with Crippen LogP contribution in [-0.2, 0) is 6.18 Å². The highest BCUT2D eigenvalue weighted by Gasteiger charge is 2.40. The lowest BCUT2D eigenvalue weighted by molar-refractivity contribution is -0.144. The molecule has 0 atom stereocenters. The summed E-state index contributed by atoms with van der Waals surface area (Å²) in [5.74, 6) is -0.661. The van der Waals surface area contributed by atoms with Gasteiger partial charge in [-0.3, -0.25) is 0 Å². The number of rotatable bonds is 7.